The summed E-state index contributed by atoms with van der Waals surface area (Å²) < 4.78 is 4.60. The van der Waals surface area contributed by atoms with Crippen molar-refractivity contribution >= 4 is 11.4 Å². The molecule has 6 nitrogen and oxygen atoms in total. The Morgan fingerprint density at radius 3 is 2.94 bits per heavy atom. The fourth-order valence-corrected chi connectivity index (χ4v) is 1.99. The molecule has 1 aliphatic carbocycles. The molecule has 3 rings (SSSR count). The summed E-state index contributed by atoms with van der Waals surface area (Å²) in [6.07, 6.45) is 2.36. The van der Waals surface area contributed by atoms with Crippen LogP contribution < -0.4 is 10.3 Å². The molecule has 0 aliphatic heterocycles. The number of para-hydroxylation sites is 1. The lowest BCUT2D eigenvalue weighted by molar-refractivity contribution is -0.808. The Labute approximate surface area is 103 Å². The zero-order valence-electron chi connectivity index (χ0n) is 9.67. The summed E-state index contributed by atoms with van der Waals surface area (Å²) in [5.41, 5.74) is 5.75. The third-order valence-electron chi connectivity index (χ3n) is 2.89. The third kappa shape index (κ3) is 1.92. The number of rotatable bonds is 2. The summed E-state index contributed by atoms with van der Waals surface area (Å²) in [4.78, 5) is 0.465. The Morgan fingerprint density at radius 1 is 1.28 bits per heavy atom. The van der Waals surface area contributed by atoms with Crippen LogP contribution in [0.15, 0.2) is 40.1 Å². The van der Waals surface area contributed by atoms with Gasteiger partial charge < -0.3 is 5.21 Å². The van der Waals surface area contributed by atoms with Crippen LogP contribution in [0.1, 0.15) is 24.2 Å². The van der Waals surface area contributed by atoms with Crippen LogP contribution in [0.25, 0.3) is 0 Å². The van der Waals surface area contributed by atoms with Gasteiger partial charge >= 0.3 is 0 Å². The summed E-state index contributed by atoms with van der Waals surface area (Å²) >= 11 is 0. The average Bonchev–Trinajstić information content (AvgIpc) is 2.80. The van der Waals surface area contributed by atoms with E-state index < -0.39 is 0 Å². The minimum Gasteiger partial charge on any atom is -0.359 e. The molecule has 1 aromatic carbocycles. The summed E-state index contributed by atoms with van der Waals surface area (Å²) in [6.45, 7) is 0. The van der Waals surface area contributed by atoms with E-state index in [0.29, 0.717) is 22.7 Å². The van der Waals surface area contributed by atoms with Gasteiger partial charge in [-0.1, -0.05) is 18.2 Å². The fourth-order valence-electron chi connectivity index (χ4n) is 1.99. The molecular formula is C12H12N4O2. The van der Waals surface area contributed by atoms with E-state index in [2.05, 4.69) is 20.3 Å². The maximum Gasteiger partial charge on any atom is 0.267 e. The van der Waals surface area contributed by atoms with Gasteiger partial charge in [0.15, 0.2) is 0 Å². The molecule has 0 radical (unpaired) electrons. The van der Waals surface area contributed by atoms with Crippen LogP contribution in [0.2, 0.25) is 0 Å². The van der Waals surface area contributed by atoms with E-state index in [1.54, 1.807) is 0 Å². The molecule has 0 unspecified atom stereocenters. The Kier molecular flexibility index (Phi) is 2.68. The molecule has 0 saturated carbocycles. The van der Waals surface area contributed by atoms with Crippen LogP contribution in [0.5, 0.6) is 0 Å². The van der Waals surface area contributed by atoms with Gasteiger partial charge in [-0.3, -0.25) is 10.1 Å². The second-order valence-electron chi connectivity index (χ2n) is 4.12. The second-order valence-corrected chi connectivity index (χ2v) is 4.12. The van der Waals surface area contributed by atoms with Crippen LogP contribution in [0, 0.1) is 5.21 Å². The number of nitrogens with zero attached hydrogens (tertiary/aromatic N) is 3. The Balaban J connectivity index is 1.85. The van der Waals surface area contributed by atoms with Crippen molar-refractivity contribution in [2.24, 2.45) is 5.10 Å². The van der Waals surface area contributed by atoms with Gasteiger partial charge in [0.05, 0.1) is 5.69 Å². The van der Waals surface area contributed by atoms with Gasteiger partial charge in [0, 0.05) is 11.6 Å². The number of nitrogens with one attached hydrogen (secondary N) is 1. The minimum absolute atomic E-state index is 0.465. The van der Waals surface area contributed by atoms with Crippen LogP contribution in [-0.2, 0) is 6.42 Å². The number of hydrogen-bond acceptors (Lipinski definition) is 5. The number of benzene rings is 1. The van der Waals surface area contributed by atoms with Gasteiger partial charge in [-0.25, -0.2) is 0 Å². The molecular weight excluding hydrogens is 232 g/mol. The lowest BCUT2D eigenvalue weighted by Gasteiger charge is -2.08. The average molecular weight is 244 g/mol. The Bertz CT molecular complexity index is 577. The molecule has 0 atom stereocenters. The quantitative estimate of drug-likeness (QED) is 0.640. The molecule has 1 heterocycles. The topological polar surface area (TPSA) is 77.4 Å². The van der Waals surface area contributed by atoms with E-state index in [1.165, 1.54) is 0 Å². The van der Waals surface area contributed by atoms with Crippen LogP contribution in [0.3, 0.4) is 0 Å². The zero-order valence-corrected chi connectivity index (χ0v) is 9.67. The number of hydrazone groups is 1. The minimum atomic E-state index is 0.465. The number of anilines is 1. The number of hydrogen-bond donors (Lipinski definition) is 1. The van der Waals surface area contributed by atoms with Gasteiger partial charge in [0.2, 0.25) is 5.69 Å². The lowest BCUT2D eigenvalue weighted by Crippen LogP contribution is -2.31. The van der Waals surface area contributed by atoms with Crippen molar-refractivity contribution in [3.05, 3.63) is 46.9 Å². The third-order valence-corrected chi connectivity index (χ3v) is 2.89. The first-order chi connectivity index (χ1) is 8.84. The molecule has 0 spiro atoms. The van der Waals surface area contributed by atoms with Gasteiger partial charge in [-0.05, 0) is 29.9 Å². The predicted octanol–water partition coefficient (Wildman–Crippen LogP) is 1.46. The van der Waals surface area contributed by atoms with Crippen LogP contribution in [-0.4, -0.2) is 10.9 Å². The highest BCUT2D eigenvalue weighted by Gasteiger charge is 2.28. The second kappa shape index (κ2) is 4.48. The van der Waals surface area contributed by atoms with Crippen LogP contribution >= 0.6 is 0 Å². The molecule has 0 saturated heterocycles. The number of fused-ring (bicyclic) bond motifs is 1. The Hall–Kier alpha value is -2.37. The van der Waals surface area contributed by atoms with E-state index in [9.17, 15) is 5.21 Å². The van der Waals surface area contributed by atoms with Crippen molar-refractivity contribution < 1.29 is 9.53 Å². The highest BCUT2D eigenvalue weighted by molar-refractivity contribution is 6.00. The molecule has 92 valence electrons. The van der Waals surface area contributed by atoms with Crippen molar-refractivity contribution in [3.63, 3.8) is 0 Å². The first-order valence-corrected chi connectivity index (χ1v) is 5.81. The molecule has 1 N–H and O–H groups in total. The standard InChI is InChI=1S/C12H12N4O2/c17-16-11-8-4-7-10(12(11)15-18-16)14-13-9-5-2-1-3-6-9/h1-3,5-6,13H,4,7-8H2. The molecule has 0 amide bonds. The summed E-state index contributed by atoms with van der Waals surface area (Å²) in [6, 6.07) is 9.64. The van der Waals surface area contributed by atoms with Crippen molar-refractivity contribution in [1.82, 2.24) is 5.16 Å². The summed E-state index contributed by atoms with van der Waals surface area (Å²) in [5, 5.41) is 19.4. The number of aromatic nitrogens is 2. The van der Waals surface area contributed by atoms with E-state index in [-0.39, 0.29) is 0 Å². The van der Waals surface area contributed by atoms with Crippen molar-refractivity contribution in [3.8, 4) is 0 Å². The Morgan fingerprint density at radius 2 is 2.11 bits per heavy atom. The molecule has 2 aromatic rings. The summed E-state index contributed by atoms with van der Waals surface area (Å²) in [5.74, 6) is 0. The first-order valence-electron chi connectivity index (χ1n) is 5.81. The highest BCUT2D eigenvalue weighted by atomic mass is 16.8. The smallest absolute Gasteiger partial charge is 0.267 e. The molecule has 1 aliphatic rings. The maximum atomic E-state index is 11.3. The molecule has 18 heavy (non-hydrogen) atoms. The van der Waals surface area contributed by atoms with Gasteiger partial charge in [-0.15, -0.1) is 0 Å². The van der Waals surface area contributed by atoms with Gasteiger partial charge in [0.25, 0.3) is 5.69 Å². The monoisotopic (exact) mass is 244 g/mol. The SMILES string of the molecule is [O-][n+]1onc2c1CCCC2=NNc1ccccc1. The van der Waals surface area contributed by atoms with Gasteiger partial charge in [-0.2, -0.15) is 5.10 Å². The van der Waals surface area contributed by atoms with E-state index in [4.69, 9.17) is 0 Å². The van der Waals surface area contributed by atoms with Crippen molar-refractivity contribution in [2.45, 2.75) is 19.3 Å². The molecule has 1 aromatic heterocycles. The lowest BCUT2D eigenvalue weighted by atomic mass is 9.99. The largest absolute Gasteiger partial charge is 0.359 e. The summed E-state index contributed by atoms with van der Waals surface area (Å²) in [7, 11) is 0. The fraction of sp³-hybridized carbons (Fsp3) is 0.250. The zero-order chi connectivity index (χ0) is 12.4. The highest BCUT2D eigenvalue weighted by Crippen LogP contribution is 2.17. The molecule has 0 fully saturated rings. The molecule has 0 bridgehead atoms. The predicted molar refractivity (Wildman–Crippen MR) is 65.0 cm³/mol. The van der Waals surface area contributed by atoms with E-state index >= 15 is 0 Å². The van der Waals surface area contributed by atoms with E-state index in [1.807, 2.05) is 30.3 Å². The van der Waals surface area contributed by atoms with E-state index in [0.717, 1.165) is 24.2 Å². The maximum absolute atomic E-state index is 11.3. The van der Waals surface area contributed by atoms with Crippen molar-refractivity contribution in [2.75, 3.05) is 5.43 Å². The van der Waals surface area contributed by atoms with Crippen LogP contribution in [0.4, 0.5) is 5.69 Å². The molecule has 6 heteroatoms. The van der Waals surface area contributed by atoms with Crippen molar-refractivity contribution in [1.29, 1.82) is 0 Å². The van der Waals surface area contributed by atoms with Gasteiger partial charge in [0.1, 0.15) is 5.71 Å². The normalized spacial score (nSPS) is 16.6. The first kappa shape index (κ1) is 10.8.